The SMILES string of the molecule is CC(C)CCCNC1(CCl)CCCCC1. The van der Waals surface area contributed by atoms with E-state index in [1.807, 2.05) is 0 Å². The third kappa shape index (κ3) is 4.74. The highest BCUT2D eigenvalue weighted by atomic mass is 35.5. The van der Waals surface area contributed by atoms with E-state index in [4.69, 9.17) is 11.6 Å². The average molecular weight is 232 g/mol. The monoisotopic (exact) mass is 231 g/mol. The summed E-state index contributed by atoms with van der Waals surface area (Å²) in [5.41, 5.74) is 0.275. The van der Waals surface area contributed by atoms with Gasteiger partial charge in [-0.3, -0.25) is 0 Å². The molecular weight excluding hydrogens is 206 g/mol. The van der Waals surface area contributed by atoms with Crippen LogP contribution in [0.5, 0.6) is 0 Å². The van der Waals surface area contributed by atoms with Gasteiger partial charge in [0, 0.05) is 11.4 Å². The number of nitrogens with one attached hydrogen (secondary N) is 1. The molecule has 1 nitrogen and oxygen atoms in total. The van der Waals surface area contributed by atoms with E-state index in [1.54, 1.807) is 0 Å². The van der Waals surface area contributed by atoms with Gasteiger partial charge in [-0.25, -0.2) is 0 Å². The lowest BCUT2D eigenvalue weighted by Crippen LogP contribution is -2.48. The van der Waals surface area contributed by atoms with Crippen molar-refractivity contribution in [3.05, 3.63) is 0 Å². The molecule has 90 valence electrons. The molecule has 0 saturated heterocycles. The van der Waals surface area contributed by atoms with Gasteiger partial charge in [-0.15, -0.1) is 11.6 Å². The molecule has 1 aliphatic rings. The summed E-state index contributed by atoms with van der Waals surface area (Å²) in [6.07, 6.45) is 9.26. The fourth-order valence-electron chi connectivity index (χ4n) is 2.45. The van der Waals surface area contributed by atoms with Gasteiger partial charge in [-0.1, -0.05) is 33.1 Å². The number of hydrogen-bond acceptors (Lipinski definition) is 1. The van der Waals surface area contributed by atoms with Crippen LogP contribution in [0.2, 0.25) is 0 Å². The Kier molecular flexibility index (Phi) is 5.99. The van der Waals surface area contributed by atoms with Crippen LogP contribution >= 0.6 is 11.6 Å². The molecule has 2 heteroatoms. The molecule has 1 N–H and O–H groups in total. The first-order valence-electron chi connectivity index (χ1n) is 6.49. The molecule has 0 radical (unpaired) electrons. The quantitative estimate of drug-likeness (QED) is 0.539. The standard InChI is InChI=1S/C13H26ClN/c1-12(2)7-6-10-15-13(11-14)8-4-3-5-9-13/h12,15H,3-11H2,1-2H3. The van der Waals surface area contributed by atoms with Gasteiger partial charge < -0.3 is 5.32 Å². The highest BCUT2D eigenvalue weighted by molar-refractivity contribution is 6.18. The fourth-order valence-corrected chi connectivity index (χ4v) is 2.81. The van der Waals surface area contributed by atoms with Gasteiger partial charge in [0.1, 0.15) is 0 Å². The summed E-state index contributed by atoms with van der Waals surface area (Å²) in [4.78, 5) is 0. The van der Waals surface area contributed by atoms with E-state index in [0.29, 0.717) is 0 Å². The molecule has 0 atom stereocenters. The van der Waals surface area contributed by atoms with Crippen molar-refractivity contribution < 1.29 is 0 Å². The van der Waals surface area contributed by atoms with Crippen LogP contribution < -0.4 is 5.32 Å². The van der Waals surface area contributed by atoms with Gasteiger partial charge in [-0.2, -0.15) is 0 Å². The minimum atomic E-state index is 0.275. The molecule has 0 aromatic carbocycles. The molecular formula is C13H26ClN. The van der Waals surface area contributed by atoms with Crippen LogP contribution in [-0.2, 0) is 0 Å². The third-order valence-electron chi connectivity index (χ3n) is 3.52. The Morgan fingerprint density at radius 3 is 2.40 bits per heavy atom. The Morgan fingerprint density at radius 1 is 1.20 bits per heavy atom. The predicted octanol–water partition coefficient (Wildman–Crippen LogP) is 3.95. The van der Waals surface area contributed by atoms with E-state index in [-0.39, 0.29) is 5.54 Å². The molecule has 1 fully saturated rings. The smallest absolute Gasteiger partial charge is 0.0406 e. The Labute approximate surface area is 100.0 Å². The summed E-state index contributed by atoms with van der Waals surface area (Å²) in [6.45, 7) is 5.72. The number of hydrogen-bond donors (Lipinski definition) is 1. The molecule has 0 aromatic heterocycles. The Bertz CT molecular complexity index is 162. The molecule has 15 heavy (non-hydrogen) atoms. The summed E-state index contributed by atoms with van der Waals surface area (Å²) in [5, 5.41) is 3.71. The summed E-state index contributed by atoms with van der Waals surface area (Å²) >= 11 is 6.12. The second kappa shape index (κ2) is 6.75. The second-order valence-corrected chi connectivity index (χ2v) is 5.70. The average Bonchev–Trinajstić information content (AvgIpc) is 2.26. The molecule has 1 rings (SSSR count). The normalized spacial score (nSPS) is 20.8. The van der Waals surface area contributed by atoms with E-state index in [1.165, 1.54) is 44.9 Å². The first kappa shape index (κ1) is 13.3. The van der Waals surface area contributed by atoms with Crippen molar-refractivity contribution in [3.8, 4) is 0 Å². The molecule has 1 saturated carbocycles. The zero-order chi connectivity index (χ0) is 11.1. The highest BCUT2D eigenvalue weighted by Gasteiger charge is 2.29. The number of rotatable bonds is 6. The van der Waals surface area contributed by atoms with E-state index < -0.39 is 0 Å². The maximum Gasteiger partial charge on any atom is 0.0406 e. The van der Waals surface area contributed by atoms with Gasteiger partial charge in [-0.05, 0) is 38.1 Å². The maximum absolute atomic E-state index is 6.12. The zero-order valence-corrected chi connectivity index (χ0v) is 11.1. The molecule has 0 amide bonds. The van der Waals surface area contributed by atoms with Crippen LogP contribution in [0.4, 0.5) is 0 Å². The Hall–Kier alpha value is 0.250. The van der Waals surface area contributed by atoms with Crippen LogP contribution in [0, 0.1) is 5.92 Å². The van der Waals surface area contributed by atoms with Crippen LogP contribution in [0.25, 0.3) is 0 Å². The van der Waals surface area contributed by atoms with Crippen molar-refractivity contribution in [2.45, 2.75) is 64.3 Å². The van der Waals surface area contributed by atoms with Gasteiger partial charge >= 0.3 is 0 Å². The van der Waals surface area contributed by atoms with Crippen LogP contribution in [0.3, 0.4) is 0 Å². The van der Waals surface area contributed by atoms with E-state index in [9.17, 15) is 0 Å². The minimum absolute atomic E-state index is 0.275. The molecule has 0 heterocycles. The van der Waals surface area contributed by atoms with E-state index >= 15 is 0 Å². The van der Waals surface area contributed by atoms with E-state index in [0.717, 1.165) is 18.3 Å². The van der Waals surface area contributed by atoms with Crippen molar-refractivity contribution >= 4 is 11.6 Å². The largest absolute Gasteiger partial charge is 0.310 e. The summed E-state index contributed by atoms with van der Waals surface area (Å²) < 4.78 is 0. The van der Waals surface area contributed by atoms with Crippen molar-refractivity contribution in [1.29, 1.82) is 0 Å². The molecule has 0 aliphatic heterocycles. The van der Waals surface area contributed by atoms with E-state index in [2.05, 4.69) is 19.2 Å². The van der Waals surface area contributed by atoms with Crippen LogP contribution in [0.15, 0.2) is 0 Å². The Balaban J connectivity index is 2.20. The highest BCUT2D eigenvalue weighted by Crippen LogP contribution is 2.29. The molecule has 0 bridgehead atoms. The van der Waals surface area contributed by atoms with Crippen LogP contribution in [0.1, 0.15) is 58.8 Å². The van der Waals surface area contributed by atoms with Crippen molar-refractivity contribution in [2.24, 2.45) is 5.92 Å². The minimum Gasteiger partial charge on any atom is -0.310 e. The summed E-state index contributed by atoms with van der Waals surface area (Å²) in [7, 11) is 0. The third-order valence-corrected chi connectivity index (χ3v) is 4.04. The lowest BCUT2D eigenvalue weighted by Gasteiger charge is -2.36. The van der Waals surface area contributed by atoms with Crippen molar-refractivity contribution in [3.63, 3.8) is 0 Å². The van der Waals surface area contributed by atoms with Crippen molar-refractivity contribution in [2.75, 3.05) is 12.4 Å². The molecule has 1 aliphatic carbocycles. The summed E-state index contributed by atoms with van der Waals surface area (Å²) in [6, 6.07) is 0. The number of alkyl halides is 1. The van der Waals surface area contributed by atoms with Gasteiger partial charge in [0.15, 0.2) is 0 Å². The lowest BCUT2D eigenvalue weighted by molar-refractivity contribution is 0.256. The maximum atomic E-state index is 6.12. The van der Waals surface area contributed by atoms with Gasteiger partial charge in [0.2, 0.25) is 0 Å². The first-order chi connectivity index (χ1) is 7.18. The fraction of sp³-hybridized carbons (Fsp3) is 1.00. The summed E-state index contributed by atoms with van der Waals surface area (Å²) in [5.74, 6) is 1.61. The van der Waals surface area contributed by atoms with Gasteiger partial charge in [0.05, 0.1) is 0 Å². The lowest BCUT2D eigenvalue weighted by atomic mass is 9.83. The second-order valence-electron chi connectivity index (χ2n) is 5.44. The van der Waals surface area contributed by atoms with Crippen molar-refractivity contribution in [1.82, 2.24) is 5.32 Å². The molecule has 0 aromatic rings. The topological polar surface area (TPSA) is 12.0 Å². The predicted molar refractivity (Wildman–Crippen MR) is 68.6 cm³/mol. The first-order valence-corrected chi connectivity index (χ1v) is 7.03. The zero-order valence-electron chi connectivity index (χ0n) is 10.3. The van der Waals surface area contributed by atoms with Gasteiger partial charge in [0.25, 0.3) is 0 Å². The molecule has 0 spiro atoms. The Morgan fingerprint density at radius 2 is 1.87 bits per heavy atom. The van der Waals surface area contributed by atoms with Crippen LogP contribution in [-0.4, -0.2) is 18.0 Å². The molecule has 0 unspecified atom stereocenters. The number of halogens is 1.